The zero-order valence-corrected chi connectivity index (χ0v) is 12.2. The first-order valence-electron chi connectivity index (χ1n) is 6.33. The lowest BCUT2D eigenvalue weighted by atomic mass is 10.2. The molecule has 2 aromatic rings. The van der Waals surface area contributed by atoms with Gasteiger partial charge in [-0.15, -0.1) is 0 Å². The van der Waals surface area contributed by atoms with Gasteiger partial charge in [0.05, 0.1) is 10.7 Å². The Labute approximate surface area is 126 Å². The maximum atomic E-state index is 11.9. The third kappa shape index (κ3) is 4.06. The minimum Gasteiger partial charge on any atom is -0.399 e. The van der Waals surface area contributed by atoms with Crippen molar-refractivity contribution in [1.29, 1.82) is 0 Å². The topological polar surface area (TPSA) is 90.0 Å². The number of carbonyl (C=O) groups excluding carboxylic acids is 1. The SMILES string of the molecule is Cc1cnc(=O)n(CCC(=O)Nc2ccc(N)cc2Cl)c1. The van der Waals surface area contributed by atoms with Crippen molar-refractivity contribution in [2.75, 3.05) is 11.1 Å². The molecule has 0 saturated carbocycles. The summed E-state index contributed by atoms with van der Waals surface area (Å²) in [5.74, 6) is -0.241. The maximum Gasteiger partial charge on any atom is 0.347 e. The highest BCUT2D eigenvalue weighted by atomic mass is 35.5. The van der Waals surface area contributed by atoms with Crippen LogP contribution in [0.25, 0.3) is 0 Å². The Morgan fingerprint density at radius 3 is 2.95 bits per heavy atom. The van der Waals surface area contributed by atoms with E-state index in [4.69, 9.17) is 17.3 Å². The molecular weight excluding hydrogens is 292 g/mol. The van der Waals surface area contributed by atoms with Gasteiger partial charge in [0.15, 0.2) is 0 Å². The van der Waals surface area contributed by atoms with Gasteiger partial charge in [-0.05, 0) is 30.7 Å². The number of nitrogens with one attached hydrogen (secondary N) is 1. The molecular formula is C14H15ClN4O2. The minimum atomic E-state index is -0.376. The van der Waals surface area contributed by atoms with Crippen molar-refractivity contribution in [1.82, 2.24) is 9.55 Å². The molecule has 0 bridgehead atoms. The van der Waals surface area contributed by atoms with Crippen LogP contribution in [0.3, 0.4) is 0 Å². The van der Waals surface area contributed by atoms with E-state index in [2.05, 4.69) is 10.3 Å². The number of benzene rings is 1. The van der Waals surface area contributed by atoms with Gasteiger partial charge in [0.2, 0.25) is 5.91 Å². The van der Waals surface area contributed by atoms with E-state index in [0.717, 1.165) is 5.56 Å². The maximum absolute atomic E-state index is 11.9. The summed E-state index contributed by atoms with van der Waals surface area (Å²) in [6, 6.07) is 4.85. The van der Waals surface area contributed by atoms with Crippen molar-refractivity contribution >= 4 is 28.9 Å². The third-order valence-corrected chi connectivity index (χ3v) is 3.14. The van der Waals surface area contributed by atoms with Gasteiger partial charge in [-0.25, -0.2) is 9.78 Å². The van der Waals surface area contributed by atoms with Crippen molar-refractivity contribution in [2.24, 2.45) is 0 Å². The van der Waals surface area contributed by atoms with Crippen molar-refractivity contribution in [3.8, 4) is 0 Å². The van der Waals surface area contributed by atoms with Gasteiger partial charge in [-0.1, -0.05) is 11.6 Å². The average Bonchev–Trinajstić information content (AvgIpc) is 2.43. The zero-order chi connectivity index (χ0) is 15.4. The molecule has 1 heterocycles. The van der Waals surface area contributed by atoms with Gasteiger partial charge in [0.25, 0.3) is 0 Å². The van der Waals surface area contributed by atoms with Crippen LogP contribution in [0.15, 0.2) is 35.4 Å². The standard InChI is InChI=1S/C14H15ClN4O2/c1-9-7-17-14(21)19(8-9)5-4-13(20)18-12-3-2-10(16)6-11(12)15/h2-3,6-8H,4-5,16H2,1H3,(H,18,20). The smallest absolute Gasteiger partial charge is 0.347 e. The summed E-state index contributed by atoms with van der Waals surface area (Å²) in [5.41, 5.74) is 7.08. The molecule has 0 aliphatic carbocycles. The molecule has 7 heteroatoms. The van der Waals surface area contributed by atoms with E-state index in [1.807, 2.05) is 6.92 Å². The minimum absolute atomic E-state index is 0.145. The number of rotatable bonds is 4. The van der Waals surface area contributed by atoms with Gasteiger partial charge in [-0.2, -0.15) is 0 Å². The Morgan fingerprint density at radius 1 is 1.48 bits per heavy atom. The molecule has 0 fully saturated rings. The summed E-state index contributed by atoms with van der Waals surface area (Å²) in [6.07, 6.45) is 3.30. The molecule has 6 nitrogen and oxygen atoms in total. The molecule has 0 aliphatic heterocycles. The summed E-state index contributed by atoms with van der Waals surface area (Å²) in [4.78, 5) is 27.1. The van der Waals surface area contributed by atoms with Crippen LogP contribution in [-0.2, 0) is 11.3 Å². The summed E-state index contributed by atoms with van der Waals surface area (Å²) >= 11 is 5.98. The van der Waals surface area contributed by atoms with E-state index in [9.17, 15) is 9.59 Å². The van der Waals surface area contributed by atoms with Crippen LogP contribution >= 0.6 is 11.6 Å². The molecule has 1 aromatic carbocycles. The number of carbonyl (C=O) groups is 1. The van der Waals surface area contributed by atoms with Crippen molar-refractivity contribution in [3.63, 3.8) is 0 Å². The number of anilines is 2. The highest BCUT2D eigenvalue weighted by Crippen LogP contribution is 2.24. The second kappa shape index (κ2) is 6.41. The lowest BCUT2D eigenvalue weighted by Gasteiger charge is -2.09. The normalized spacial score (nSPS) is 10.4. The molecule has 1 aromatic heterocycles. The van der Waals surface area contributed by atoms with Crippen molar-refractivity contribution in [3.05, 3.63) is 51.7 Å². The molecule has 2 rings (SSSR count). The second-order valence-corrected chi connectivity index (χ2v) is 5.05. The first kappa shape index (κ1) is 15.1. The van der Waals surface area contributed by atoms with Crippen LogP contribution < -0.4 is 16.7 Å². The number of nitrogens with two attached hydrogens (primary N) is 1. The van der Waals surface area contributed by atoms with Crippen LogP contribution in [-0.4, -0.2) is 15.5 Å². The van der Waals surface area contributed by atoms with Crippen LogP contribution in [0.4, 0.5) is 11.4 Å². The molecule has 0 radical (unpaired) electrons. The van der Waals surface area contributed by atoms with Crippen LogP contribution in [0.1, 0.15) is 12.0 Å². The van der Waals surface area contributed by atoms with Crippen LogP contribution in [0.5, 0.6) is 0 Å². The molecule has 0 saturated heterocycles. The van der Waals surface area contributed by atoms with E-state index in [1.165, 1.54) is 10.8 Å². The largest absolute Gasteiger partial charge is 0.399 e. The fourth-order valence-electron chi connectivity index (χ4n) is 1.79. The number of hydrogen-bond acceptors (Lipinski definition) is 4. The molecule has 0 aliphatic rings. The molecule has 1 amide bonds. The second-order valence-electron chi connectivity index (χ2n) is 4.64. The quantitative estimate of drug-likeness (QED) is 0.843. The first-order valence-corrected chi connectivity index (χ1v) is 6.71. The third-order valence-electron chi connectivity index (χ3n) is 2.83. The van der Waals surface area contributed by atoms with Crippen molar-refractivity contribution < 1.29 is 4.79 Å². The highest BCUT2D eigenvalue weighted by molar-refractivity contribution is 6.34. The average molecular weight is 307 g/mol. The fourth-order valence-corrected chi connectivity index (χ4v) is 2.03. The number of amides is 1. The van der Waals surface area contributed by atoms with Gasteiger partial charge in [0, 0.05) is 31.0 Å². The highest BCUT2D eigenvalue weighted by Gasteiger charge is 2.07. The molecule has 21 heavy (non-hydrogen) atoms. The number of halogens is 1. The predicted octanol–water partition coefficient (Wildman–Crippen LogP) is 1.82. The van der Waals surface area contributed by atoms with E-state index in [1.54, 1.807) is 24.4 Å². The Balaban J connectivity index is 1.99. The summed E-state index contributed by atoms with van der Waals surface area (Å²) in [5, 5.41) is 3.05. The van der Waals surface area contributed by atoms with Gasteiger partial charge < -0.3 is 11.1 Å². The van der Waals surface area contributed by atoms with Crippen LogP contribution in [0, 0.1) is 6.92 Å². The Kier molecular flexibility index (Phi) is 4.59. The predicted molar refractivity (Wildman–Crippen MR) is 82.3 cm³/mol. The van der Waals surface area contributed by atoms with E-state index < -0.39 is 0 Å². The number of nitrogen functional groups attached to an aromatic ring is 1. The number of aryl methyl sites for hydroxylation is 2. The summed E-state index contributed by atoms with van der Waals surface area (Å²) < 4.78 is 1.40. The Hall–Kier alpha value is -2.34. The summed E-state index contributed by atoms with van der Waals surface area (Å²) in [6.45, 7) is 2.09. The number of aromatic nitrogens is 2. The van der Waals surface area contributed by atoms with E-state index >= 15 is 0 Å². The van der Waals surface area contributed by atoms with Gasteiger partial charge >= 0.3 is 5.69 Å². The van der Waals surface area contributed by atoms with Gasteiger partial charge in [-0.3, -0.25) is 9.36 Å². The zero-order valence-electron chi connectivity index (χ0n) is 11.5. The molecule has 0 atom stereocenters. The molecule has 0 spiro atoms. The Morgan fingerprint density at radius 2 is 2.24 bits per heavy atom. The Bertz CT molecular complexity index is 727. The summed E-state index contributed by atoms with van der Waals surface area (Å²) in [7, 11) is 0. The molecule has 110 valence electrons. The van der Waals surface area contributed by atoms with E-state index in [-0.39, 0.29) is 24.6 Å². The molecule has 3 N–H and O–H groups in total. The van der Waals surface area contributed by atoms with Gasteiger partial charge in [0.1, 0.15) is 0 Å². The molecule has 0 unspecified atom stereocenters. The monoisotopic (exact) mass is 306 g/mol. The number of hydrogen-bond donors (Lipinski definition) is 2. The lowest BCUT2D eigenvalue weighted by molar-refractivity contribution is -0.116. The number of nitrogens with zero attached hydrogens (tertiary/aromatic N) is 2. The van der Waals surface area contributed by atoms with Crippen LogP contribution in [0.2, 0.25) is 5.02 Å². The first-order chi connectivity index (χ1) is 9.95. The fraction of sp³-hybridized carbons (Fsp3) is 0.214. The van der Waals surface area contributed by atoms with Crippen molar-refractivity contribution in [2.45, 2.75) is 19.9 Å². The lowest BCUT2D eigenvalue weighted by Crippen LogP contribution is -2.25. The van der Waals surface area contributed by atoms with E-state index in [0.29, 0.717) is 16.4 Å².